The minimum atomic E-state index is -1.07. The Hall–Kier alpha value is -3.22. The highest BCUT2D eigenvalue weighted by Gasteiger charge is 2.19. The number of rotatable bonds is 4. The van der Waals surface area contributed by atoms with Crippen molar-refractivity contribution in [3.05, 3.63) is 77.4 Å². The number of hydrogen-bond donors (Lipinski definition) is 2. The van der Waals surface area contributed by atoms with Crippen LogP contribution in [0, 0.1) is 0 Å². The minimum Gasteiger partial charge on any atom is -0.478 e. The first-order valence-corrected chi connectivity index (χ1v) is 9.54. The highest BCUT2D eigenvalue weighted by atomic mass is 35.5. The van der Waals surface area contributed by atoms with Crippen LogP contribution in [0.5, 0.6) is 0 Å². The zero-order valence-corrected chi connectivity index (χ0v) is 16.0. The average Bonchev–Trinajstić information content (AvgIpc) is 3.14. The number of nitrogens with two attached hydrogens (primary N) is 1. The van der Waals surface area contributed by atoms with Crippen molar-refractivity contribution in [3.8, 4) is 32.3 Å². The zero-order valence-electron chi connectivity index (χ0n) is 14.5. The van der Waals surface area contributed by atoms with Gasteiger partial charge in [-0.1, -0.05) is 48.0 Å². The molecule has 3 N–H and O–H groups in total. The van der Waals surface area contributed by atoms with Gasteiger partial charge in [0.15, 0.2) is 0 Å². The Morgan fingerprint density at radius 3 is 2.50 bits per heavy atom. The monoisotopic (exact) mass is 407 g/mol. The molecule has 5 nitrogen and oxygen atoms in total. The molecule has 2 heterocycles. The molecule has 7 heteroatoms. The van der Waals surface area contributed by atoms with E-state index < -0.39 is 5.97 Å². The van der Waals surface area contributed by atoms with Crippen LogP contribution in [0.1, 0.15) is 10.4 Å². The number of carboxylic acid groups (broad SMARTS) is 1. The molecule has 138 valence electrons. The van der Waals surface area contributed by atoms with Gasteiger partial charge in [0.25, 0.3) is 0 Å². The Balaban J connectivity index is 1.94. The van der Waals surface area contributed by atoms with Gasteiger partial charge in [-0.2, -0.15) is 0 Å². The van der Waals surface area contributed by atoms with Crippen molar-refractivity contribution in [2.75, 3.05) is 5.73 Å². The van der Waals surface area contributed by atoms with Gasteiger partial charge in [-0.25, -0.2) is 14.8 Å². The van der Waals surface area contributed by atoms with Gasteiger partial charge in [0.2, 0.25) is 0 Å². The average molecular weight is 408 g/mol. The van der Waals surface area contributed by atoms with Crippen LogP contribution in [0.25, 0.3) is 32.3 Å². The summed E-state index contributed by atoms with van der Waals surface area (Å²) < 4.78 is 0. The van der Waals surface area contributed by atoms with E-state index in [9.17, 15) is 9.90 Å². The van der Waals surface area contributed by atoms with Crippen molar-refractivity contribution < 1.29 is 9.90 Å². The molecule has 2 aromatic carbocycles. The summed E-state index contributed by atoms with van der Waals surface area (Å²) in [6.07, 6.45) is 1.63. The smallest absolute Gasteiger partial charge is 0.337 e. The van der Waals surface area contributed by atoms with E-state index in [4.69, 9.17) is 22.3 Å². The molecule has 0 saturated heterocycles. The van der Waals surface area contributed by atoms with Crippen molar-refractivity contribution in [2.45, 2.75) is 0 Å². The van der Waals surface area contributed by atoms with Crippen LogP contribution in [0.3, 0.4) is 0 Å². The van der Waals surface area contributed by atoms with Crippen molar-refractivity contribution in [3.63, 3.8) is 0 Å². The Kier molecular flexibility index (Phi) is 4.81. The molecule has 0 fully saturated rings. The first-order valence-electron chi connectivity index (χ1n) is 8.34. The SMILES string of the molecule is Nc1cc(-c2nc(-c3ccccc3)sc2-c2ccc(Cl)c(C(=O)O)c2)ccn1. The van der Waals surface area contributed by atoms with Gasteiger partial charge in [0, 0.05) is 17.3 Å². The van der Waals surface area contributed by atoms with Crippen LogP contribution in [0.4, 0.5) is 5.82 Å². The third kappa shape index (κ3) is 3.47. The van der Waals surface area contributed by atoms with E-state index in [0.29, 0.717) is 5.82 Å². The van der Waals surface area contributed by atoms with Gasteiger partial charge in [-0.3, -0.25) is 0 Å². The summed E-state index contributed by atoms with van der Waals surface area (Å²) in [5, 5.41) is 10.4. The lowest BCUT2D eigenvalue weighted by atomic mass is 10.1. The summed E-state index contributed by atoms with van der Waals surface area (Å²) in [6.45, 7) is 0. The predicted molar refractivity (Wildman–Crippen MR) is 113 cm³/mol. The molecule has 0 amide bonds. The lowest BCUT2D eigenvalue weighted by molar-refractivity contribution is 0.0697. The molecular formula is C21H14ClN3O2S. The number of pyridine rings is 1. The van der Waals surface area contributed by atoms with Crippen molar-refractivity contribution in [1.29, 1.82) is 0 Å². The summed E-state index contributed by atoms with van der Waals surface area (Å²) in [5.74, 6) is -0.686. The standard InChI is InChI=1S/C21H14ClN3O2S/c22-16-7-6-14(10-15(16)21(26)27)19-18(13-8-9-24-17(23)11-13)25-20(28-19)12-4-2-1-3-5-12/h1-11H,(H2,23,24)(H,26,27). The lowest BCUT2D eigenvalue weighted by Crippen LogP contribution is -1.97. The largest absolute Gasteiger partial charge is 0.478 e. The fraction of sp³-hybridized carbons (Fsp3) is 0. The molecule has 0 aliphatic carbocycles. The third-order valence-corrected chi connectivity index (χ3v) is 5.64. The molecule has 28 heavy (non-hydrogen) atoms. The number of aromatic nitrogens is 2. The number of anilines is 1. The molecule has 2 aromatic heterocycles. The van der Waals surface area contributed by atoms with Crippen molar-refractivity contribution in [2.24, 2.45) is 0 Å². The number of nitrogen functional groups attached to an aromatic ring is 1. The van der Waals surface area contributed by atoms with E-state index in [2.05, 4.69) is 4.98 Å². The Bertz CT molecular complexity index is 1180. The summed E-state index contributed by atoms with van der Waals surface area (Å²) >= 11 is 7.52. The second kappa shape index (κ2) is 7.42. The summed E-state index contributed by atoms with van der Waals surface area (Å²) in [4.78, 5) is 21.2. The molecule has 0 spiro atoms. The highest BCUT2D eigenvalue weighted by Crippen LogP contribution is 2.41. The number of aromatic carboxylic acids is 1. The number of hydrogen-bond acceptors (Lipinski definition) is 5. The normalized spacial score (nSPS) is 10.8. The molecule has 0 radical (unpaired) electrons. The van der Waals surface area contributed by atoms with Crippen LogP contribution in [-0.4, -0.2) is 21.0 Å². The maximum Gasteiger partial charge on any atom is 0.337 e. The molecule has 0 unspecified atom stereocenters. The van der Waals surface area contributed by atoms with Crippen LogP contribution in [0.2, 0.25) is 5.02 Å². The van der Waals surface area contributed by atoms with Crippen molar-refractivity contribution in [1.82, 2.24) is 9.97 Å². The van der Waals surface area contributed by atoms with Gasteiger partial charge in [-0.15, -0.1) is 11.3 Å². The molecule has 0 aliphatic heterocycles. The van der Waals surface area contributed by atoms with Crippen LogP contribution in [0.15, 0.2) is 66.9 Å². The second-order valence-electron chi connectivity index (χ2n) is 6.03. The van der Waals surface area contributed by atoms with E-state index in [1.54, 1.807) is 30.5 Å². The summed E-state index contributed by atoms with van der Waals surface area (Å²) in [5.41, 5.74) is 9.15. The van der Waals surface area contributed by atoms with Crippen LogP contribution < -0.4 is 5.73 Å². The first-order chi connectivity index (χ1) is 13.5. The number of carboxylic acids is 1. The Morgan fingerprint density at radius 1 is 1.00 bits per heavy atom. The van der Waals surface area contributed by atoms with E-state index >= 15 is 0 Å². The zero-order chi connectivity index (χ0) is 19.7. The Morgan fingerprint density at radius 2 is 1.79 bits per heavy atom. The van der Waals surface area contributed by atoms with Crippen LogP contribution in [-0.2, 0) is 0 Å². The number of carbonyl (C=O) groups is 1. The van der Waals surface area contributed by atoms with E-state index in [1.165, 1.54) is 11.3 Å². The number of halogens is 1. The molecule has 4 aromatic rings. The molecule has 0 atom stereocenters. The molecular weight excluding hydrogens is 394 g/mol. The Labute approximate surface area is 170 Å². The highest BCUT2D eigenvalue weighted by molar-refractivity contribution is 7.19. The van der Waals surface area contributed by atoms with Gasteiger partial charge in [0.05, 0.1) is 21.2 Å². The van der Waals surface area contributed by atoms with E-state index in [-0.39, 0.29) is 10.6 Å². The van der Waals surface area contributed by atoms with Crippen molar-refractivity contribution >= 4 is 34.7 Å². The molecule has 0 aliphatic rings. The predicted octanol–water partition coefficient (Wildman–Crippen LogP) is 5.47. The summed E-state index contributed by atoms with van der Waals surface area (Å²) in [7, 11) is 0. The quantitative estimate of drug-likeness (QED) is 0.468. The topological polar surface area (TPSA) is 89.1 Å². The maximum atomic E-state index is 11.5. The maximum absolute atomic E-state index is 11.5. The molecule has 0 saturated carbocycles. The third-order valence-electron chi connectivity index (χ3n) is 4.16. The minimum absolute atomic E-state index is 0.0500. The van der Waals surface area contributed by atoms with Gasteiger partial charge in [-0.05, 0) is 29.8 Å². The van der Waals surface area contributed by atoms with E-state index in [0.717, 1.165) is 32.3 Å². The second-order valence-corrected chi connectivity index (χ2v) is 7.44. The number of nitrogens with zero attached hydrogens (tertiary/aromatic N) is 2. The molecule has 4 rings (SSSR count). The lowest BCUT2D eigenvalue weighted by Gasteiger charge is -2.06. The first kappa shape index (κ1) is 18.2. The number of thiazole rings is 1. The van der Waals surface area contributed by atoms with Gasteiger partial charge >= 0.3 is 5.97 Å². The number of benzene rings is 2. The fourth-order valence-electron chi connectivity index (χ4n) is 2.84. The fourth-order valence-corrected chi connectivity index (χ4v) is 4.13. The van der Waals surface area contributed by atoms with Crippen LogP contribution >= 0.6 is 22.9 Å². The van der Waals surface area contributed by atoms with E-state index in [1.807, 2.05) is 36.4 Å². The summed E-state index contributed by atoms with van der Waals surface area (Å²) in [6, 6.07) is 18.4. The van der Waals surface area contributed by atoms with Gasteiger partial charge in [0.1, 0.15) is 10.8 Å². The molecule has 0 bridgehead atoms. The van der Waals surface area contributed by atoms with Gasteiger partial charge < -0.3 is 10.8 Å².